The highest BCUT2D eigenvalue weighted by Gasteiger charge is 2.20. The Morgan fingerprint density at radius 2 is 1.62 bits per heavy atom. The number of rotatable bonds is 9. The Bertz CT molecular complexity index is 1410. The van der Waals surface area contributed by atoms with E-state index >= 15 is 0 Å². The van der Waals surface area contributed by atoms with E-state index in [0.29, 0.717) is 24.3 Å². The van der Waals surface area contributed by atoms with Gasteiger partial charge in [-0.3, -0.25) is 9.69 Å². The fourth-order valence-electron chi connectivity index (χ4n) is 4.41. The van der Waals surface area contributed by atoms with Crippen LogP contribution in [0.5, 0.6) is 5.75 Å². The van der Waals surface area contributed by atoms with Gasteiger partial charge in [-0.05, 0) is 77.4 Å². The minimum absolute atomic E-state index is 0.0220. The summed E-state index contributed by atoms with van der Waals surface area (Å²) in [6.07, 6.45) is 3.86. The van der Waals surface area contributed by atoms with Crippen LogP contribution in [0, 0.1) is 6.92 Å². The van der Waals surface area contributed by atoms with Crippen molar-refractivity contribution in [3.8, 4) is 16.9 Å². The monoisotopic (exact) mass is 526 g/mol. The average Bonchev–Trinajstić information content (AvgIpc) is 2.99. The fraction of sp³-hybridized carbons (Fsp3) is 0.303. The zero-order valence-corrected chi connectivity index (χ0v) is 23.8. The molecule has 204 valence electrons. The van der Waals surface area contributed by atoms with Crippen LogP contribution >= 0.6 is 0 Å². The number of nitrogens with zero attached hydrogens (tertiary/aromatic N) is 2. The molecule has 4 aromatic rings. The normalized spacial score (nSPS) is 10.4. The third-order valence-electron chi connectivity index (χ3n) is 6.49. The number of hydrogen-bond acceptors (Lipinski definition) is 5. The van der Waals surface area contributed by atoms with Gasteiger partial charge in [-0.1, -0.05) is 57.5 Å². The maximum absolute atomic E-state index is 13.4. The van der Waals surface area contributed by atoms with Crippen molar-refractivity contribution in [1.29, 1.82) is 0 Å². The second-order valence-corrected chi connectivity index (χ2v) is 9.03. The van der Waals surface area contributed by atoms with E-state index < -0.39 is 5.97 Å². The Morgan fingerprint density at radius 3 is 2.26 bits per heavy atom. The van der Waals surface area contributed by atoms with Gasteiger partial charge in [0.05, 0.1) is 26.3 Å². The number of methoxy groups -OCH3 is 2. The van der Waals surface area contributed by atoms with Gasteiger partial charge >= 0.3 is 5.97 Å². The molecular formula is C33H38N2O4. The van der Waals surface area contributed by atoms with Crippen molar-refractivity contribution < 1.29 is 19.1 Å². The molecule has 6 heteroatoms. The predicted octanol–water partition coefficient (Wildman–Crippen LogP) is 7.76. The van der Waals surface area contributed by atoms with Crippen LogP contribution in [0.25, 0.3) is 21.9 Å². The van der Waals surface area contributed by atoms with Gasteiger partial charge in [-0.15, -0.1) is 0 Å². The quantitative estimate of drug-likeness (QED) is 0.209. The number of carbonyl (C=O) groups is 2. The molecule has 3 aromatic carbocycles. The second kappa shape index (κ2) is 14.1. The summed E-state index contributed by atoms with van der Waals surface area (Å²) in [7, 11) is 3.03. The van der Waals surface area contributed by atoms with E-state index in [1.807, 2.05) is 45.0 Å². The van der Waals surface area contributed by atoms with Gasteiger partial charge in [0, 0.05) is 18.0 Å². The Morgan fingerprint density at radius 1 is 0.897 bits per heavy atom. The summed E-state index contributed by atoms with van der Waals surface area (Å²) in [5, 5.41) is 1.64. The summed E-state index contributed by atoms with van der Waals surface area (Å²) in [5.41, 5.74) is 4.74. The second-order valence-electron chi connectivity index (χ2n) is 9.03. The minimum Gasteiger partial charge on any atom is -0.496 e. The van der Waals surface area contributed by atoms with Gasteiger partial charge in [0.1, 0.15) is 11.6 Å². The molecule has 0 radical (unpaired) electrons. The number of aromatic nitrogens is 1. The van der Waals surface area contributed by atoms with Crippen LogP contribution in [-0.4, -0.2) is 31.1 Å². The molecule has 0 bridgehead atoms. The first-order valence-corrected chi connectivity index (χ1v) is 13.5. The van der Waals surface area contributed by atoms with E-state index in [4.69, 9.17) is 9.47 Å². The number of carbonyl (C=O) groups excluding carboxylic acids is 2. The number of fused-ring (bicyclic) bond motifs is 1. The van der Waals surface area contributed by atoms with E-state index in [2.05, 4.69) is 42.2 Å². The van der Waals surface area contributed by atoms with Gasteiger partial charge in [-0.2, -0.15) is 0 Å². The van der Waals surface area contributed by atoms with Crippen LogP contribution in [0.1, 0.15) is 61.5 Å². The number of anilines is 1. The number of aryl methyl sites for hydroxylation is 1. The first-order chi connectivity index (χ1) is 18.9. The first kappa shape index (κ1) is 29.4. The lowest BCUT2D eigenvalue weighted by molar-refractivity contribution is -0.118. The first-order valence-electron chi connectivity index (χ1n) is 13.5. The van der Waals surface area contributed by atoms with Gasteiger partial charge in [0.25, 0.3) is 0 Å². The lowest BCUT2D eigenvalue weighted by atomic mass is 10.0. The average molecular weight is 527 g/mol. The molecule has 0 saturated heterocycles. The molecule has 0 unspecified atom stereocenters. The van der Waals surface area contributed by atoms with Gasteiger partial charge in [0.15, 0.2) is 0 Å². The standard InChI is InChI=1S/C31H32N2O4.C2H6/c1-5-6-7-29(34)33(30-27-14-12-26(31(35)37-4)19-25(27)16-17-32-30)20-22-8-10-23(11-9-22)24-13-15-28(36-3)21(2)18-24;1-2/h8-19H,5-7,20H2,1-4H3;1-2H3. The lowest BCUT2D eigenvalue weighted by Gasteiger charge is -2.24. The number of amides is 1. The van der Waals surface area contributed by atoms with Crippen LogP contribution in [0.4, 0.5) is 5.82 Å². The number of hydrogen-bond donors (Lipinski definition) is 0. The summed E-state index contributed by atoms with van der Waals surface area (Å²) in [4.78, 5) is 31.7. The topological polar surface area (TPSA) is 68.7 Å². The van der Waals surface area contributed by atoms with Crippen molar-refractivity contribution in [1.82, 2.24) is 4.98 Å². The van der Waals surface area contributed by atoms with Crippen molar-refractivity contribution in [3.63, 3.8) is 0 Å². The zero-order chi connectivity index (χ0) is 28.4. The summed E-state index contributed by atoms with van der Waals surface area (Å²) >= 11 is 0. The Labute approximate surface area is 231 Å². The summed E-state index contributed by atoms with van der Waals surface area (Å²) in [6, 6.07) is 21.5. The summed E-state index contributed by atoms with van der Waals surface area (Å²) in [6.45, 7) is 8.50. The maximum Gasteiger partial charge on any atom is 0.337 e. The number of benzene rings is 3. The van der Waals surface area contributed by atoms with Crippen molar-refractivity contribution in [2.24, 2.45) is 0 Å². The molecule has 6 nitrogen and oxygen atoms in total. The highest BCUT2D eigenvalue weighted by atomic mass is 16.5. The summed E-state index contributed by atoms with van der Waals surface area (Å²) in [5.74, 6) is 1.07. The Hall–Kier alpha value is -4.19. The largest absolute Gasteiger partial charge is 0.496 e. The molecule has 0 aliphatic heterocycles. The zero-order valence-electron chi connectivity index (χ0n) is 23.8. The van der Waals surface area contributed by atoms with Gasteiger partial charge in [-0.25, -0.2) is 9.78 Å². The van der Waals surface area contributed by atoms with E-state index in [0.717, 1.165) is 51.6 Å². The highest BCUT2D eigenvalue weighted by Crippen LogP contribution is 2.29. The van der Waals surface area contributed by atoms with Gasteiger partial charge < -0.3 is 9.47 Å². The molecule has 4 rings (SSSR count). The summed E-state index contributed by atoms with van der Waals surface area (Å²) < 4.78 is 10.2. The molecule has 0 atom stereocenters. The molecule has 39 heavy (non-hydrogen) atoms. The van der Waals surface area contributed by atoms with Crippen molar-refractivity contribution in [3.05, 3.63) is 89.6 Å². The minimum atomic E-state index is -0.400. The third kappa shape index (κ3) is 7.02. The van der Waals surface area contributed by atoms with Crippen LogP contribution in [0.15, 0.2) is 72.9 Å². The Balaban J connectivity index is 0.00000205. The highest BCUT2D eigenvalue weighted by molar-refractivity contribution is 6.04. The van der Waals surface area contributed by atoms with E-state index in [-0.39, 0.29) is 5.91 Å². The van der Waals surface area contributed by atoms with E-state index in [1.165, 1.54) is 7.11 Å². The van der Waals surface area contributed by atoms with Crippen molar-refractivity contribution >= 4 is 28.5 Å². The molecule has 1 heterocycles. The fourth-order valence-corrected chi connectivity index (χ4v) is 4.41. The van der Waals surface area contributed by atoms with Crippen LogP contribution in [-0.2, 0) is 16.1 Å². The number of ether oxygens (including phenoxy) is 2. The molecule has 1 amide bonds. The predicted molar refractivity (Wildman–Crippen MR) is 158 cm³/mol. The van der Waals surface area contributed by atoms with E-state index in [1.54, 1.807) is 30.3 Å². The molecule has 1 aromatic heterocycles. The maximum atomic E-state index is 13.4. The molecule has 0 fully saturated rings. The van der Waals surface area contributed by atoms with E-state index in [9.17, 15) is 9.59 Å². The molecule has 0 spiro atoms. The molecule has 0 saturated carbocycles. The van der Waals surface area contributed by atoms with Crippen LogP contribution < -0.4 is 9.64 Å². The van der Waals surface area contributed by atoms with Crippen molar-refractivity contribution in [2.75, 3.05) is 19.1 Å². The number of pyridine rings is 1. The molecule has 0 aliphatic carbocycles. The number of esters is 1. The molecule has 0 aliphatic rings. The van der Waals surface area contributed by atoms with Gasteiger partial charge in [0.2, 0.25) is 5.91 Å². The third-order valence-corrected chi connectivity index (χ3v) is 6.49. The van der Waals surface area contributed by atoms with Crippen LogP contribution in [0.3, 0.4) is 0 Å². The van der Waals surface area contributed by atoms with Crippen molar-refractivity contribution in [2.45, 2.75) is 53.5 Å². The molecule has 0 N–H and O–H groups in total. The smallest absolute Gasteiger partial charge is 0.337 e. The molecular weight excluding hydrogens is 488 g/mol. The Kier molecular flexibility index (Phi) is 10.6. The lowest BCUT2D eigenvalue weighted by Crippen LogP contribution is -2.31. The van der Waals surface area contributed by atoms with Crippen LogP contribution in [0.2, 0.25) is 0 Å². The SMILES string of the molecule is CC.CCCCC(=O)N(Cc1ccc(-c2ccc(OC)c(C)c2)cc1)c1nccc2cc(C(=O)OC)ccc12. The number of unbranched alkanes of at least 4 members (excludes halogenated alkanes) is 1.